The van der Waals surface area contributed by atoms with Crippen molar-refractivity contribution in [3.8, 4) is 0 Å². The molecule has 6 nitrogen and oxygen atoms in total. The van der Waals surface area contributed by atoms with Crippen LogP contribution < -0.4 is 5.56 Å². The van der Waals surface area contributed by atoms with Gasteiger partial charge in [-0.15, -0.1) is 0 Å². The number of hydrogen-bond donors (Lipinski definition) is 1. The number of rotatable bonds is 2. The van der Waals surface area contributed by atoms with Crippen LogP contribution in [0, 0.1) is 12.8 Å². The van der Waals surface area contributed by atoms with Gasteiger partial charge in [0.25, 0.3) is 5.56 Å². The zero-order valence-corrected chi connectivity index (χ0v) is 14.8. The molecule has 1 saturated heterocycles. The largest absolute Gasteiger partial charge is 0.311 e. The standard InChI is InChI=1S/C20H21N5O/c1-12-23-19-15(20(26)24-12)4-3-14-10-25(11-16(14)19)9-13-2-5-17-18(8-13)22-7-6-21-17/h2,5-8,14,16H,3-4,9-11H2,1H3,(H,23,24,26)/t14-,16+/m1/s1. The summed E-state index contributed by atoms with van der Waals surface area (Å²) in [5, 5.41) is 0. The number of nitrogens with one attached hydrogen (secondary N) is 1. The second-order valence-corrected chi connectivity index (χ2v) is 7.49. The molecule has 0 saturated carbocycles. The zero-order chi connectivity index (χ0) is 17.7. The summed E-state index contributed by atoms with van der Waals surface area (Å²) in [6.45, 7) is 4.80. The Kier molecular flexibility index (Phi) is 3.60. The summed E-state index contributed by atoms with van der Waals surface area (Å²) < 4.78 is 0. The van der Waals surface area contributed by atoms with Gasteiger partial charge >= 0.3 is 0 Å². The highest BCUT2D eigenvalue weighted by molar-refractivity contribution is 5.74. The Morgan fingerprint density at radius 1 is 1.19 bits per heavy atom. The van der Waals surface area contributed by atoms with Gasteiger partial charge in [0.05, 0.1) is 16.7 Å². The van der Waals surface area contributed by atoms with Crippen LogP contribution in [0.4, 0.5) is 0 Å². The van der Waals surface area contributed by atoms with Crippen LogP contribution in [-0.2, 0) is 13.0 Å². The molecular weight excluding hydrogens is 326 g/mol. The van der Waals surface area contributed by atoms with Gasteiger partial charge in [0.2, 0.25) is 0 Å². The van der Waals surface area contributed by atoms with E-state index >= 15 is 0 Å². The Balaban J connectivity index is 1.40. The summed E-state index contributed by atoms with van der Waals surface area (Å²) in [6.07, 6.45) is 5.38. The highest BCUT2D eigenvalue weighted by atomic mass is 16.1. The van der Waals surface area contributed by atoms with E-state index in [-0.39, 0.29) is 5.56 Å². The number of fused-ring (bicyclic) bond motifs is 4. The fourth-order valence-electron chi connectivity index (χ4n) is 4.57. The van der Waals surface area contributed by atoms with Crippen molar-refractivity contribution >= 4 is 11.0 Å². The van der Waals surface area contributed by atoms with Crippen LogP contribution in [0.25, 0.3) is 11.0 Å². The van der Waals surface area contributed by atoms with Gasteiger partial charge in [-0.3, -0.25) is 19.7 Å². The van der Waals surface area contributed by atoms with Crippen LogP contribution in [0.5, 0.6) is 0 Å². The fourth-order valence-corrected chi connectivity index (χ4v) is 4.57. The minimum Gasteiger partial charge on any atom is -0.311 e. The lowest BCUT2D eigenvalue weighted by Crippen LogP contribution is -2.28. The van der Waals surface area contributed by atoms with E-state index in [4.69, 9.17) is 4.98 Å². The minimum absolute atomic E-state index is 0.0532. The Labute approximate surface area is 151 Å². The molecule has 2 aromatic heterocycles. The predicted molar refractivity (Wildman–Crippen MR) is 99.0 cm³/mol. The van der Waals surface area contributed by atoms with E-state index in [1.165, 1.54) is 5.56 Å². The molecule has 0 bridgehead atoms. The quantitative estimate of drug-likeness (QED) is 0.769. The molecule has 0 radical (unpaired) electrons. The van der Waals surface area contributed by atoms with Crippen LogP contribution in [0.15, 0.2) is 35.4 Å². The Hall–Kier alpha value is -2.60. The monoisotopic (exact) mass is 347 g/mol. The summed E-state index contributed by atoms with van der Waals surface area (Å²) in [7, 11) is 0. The topological polar surface area (TPSA) is 74.8 Å². The van der Waals surface area contributed by atoms with Crippen molar-refractivity contribution in [2.75, 3.05) is 13.1 Å². The van der Waals surface area contributed by atoms with Gasteiger partial charge in [0.15, 0.2) is 0 Å². The molecule has 1 aliphatic carbocycles. The minimum atomic E-state index is 0.0532. The third-order valence-corrected chi connectivity index (χ3v) is 5.74. The summed E-state index contributed by atoms with van der Waals surface area (Å²) in [5.41, 5.74) is 5.12. The maximum atomic E-state index is 12.2. The van der Waals surface area contributed by atoms with Gasteiger partial charge in [0, 0.05) is 43.5 Å². The van der Waals surface area contributed by atoms with E-state index in [0.717, 1.165) is 60.6 Å². The number of aryl methyl sites for hydroxylation is 1. The van der Waals surface area contributed by atoms with E-state index in [1.54, 1.807) is 12.4 Å². The summed E-state index contributed by atoms with van der Waals surface area (Å²) in [4.78, 5) is 31.0. The molecular formula is C20H21N5O. The number of benzene rings is 1. The first-order valence-electron chi connectivity index (χ1n) is 9.19. The van der Waals surface area contributed by atoms with Gasteiger partial charge in [-0.2, -0.15) is 0 Å². The number of nitrogens with zero attached hydrogens (tertiary/aromatic N) is 4. The SMILES string of the molecule is Cc1nc2c(c(=O)[nH]1)CC[C@@H]1CN(Cc3ccc4nccnc4c3)C[C@H]21. The van der Waals surface area contributed by atoms with E-state index in [2.05, 4.69) is 32.0 Å². The molecule has 0 amide bonds. The lowest BCUT2D eigenvalue weighted by molar-refractivity contribution is 0.313. The molecule has 2 atom stereocenters. The third-order valence-electron chi connectivity index (χ3n) is 5.74. The molecule has 2 aliphatic rings. The van der Waals surface area contributed by atoms with Crippen LogP contribution >= 0.6 is 0 Å². The highest BCUT2D eigenvalue weighted by Crippen LogP contribution is 2.39. The molecule has 132 valence electrons. The van der Waals surface area contributed by atoms with Crippen molar-refractivity contribution in [3.05, 3.63) is 63.6 Å². The smallest absolute Gasteiger partial charge is 0.254 e. The van der Waals surface area contributed by atoms with Gasteiger partial charge in [-0.1, -0.05) is 6.07 Å². The molecule has 26 heavy (non-hydrogen) atoms. The van der Waals surface area contributed by atoms with Crippen LogP contribution in [0.1, 0.15) is 35.0 Å². The molecule has 1 aliphatic heterocycles. The van der Waals surface area contributed by atoms with Crippen molar-refractivity contribution in [2.24, 2.45) is 5.92 Å². The van der Waals surface area contributed by atoms with Gasteiger partial charge in [-0.25, -0.2) is 4.98 Å². The van der Waals surface area contributed by atoms with Crippen molar-refractivity contribution < 1.29 is 0 Å². The summed E-state index contributed by atoms with van der Waals surface area (Å²) in [5.74, 6) is 1.69. The first kappa shape index (κ1) is 15.6. The van der Waals surface area contributed by atoms with E-state index in [1.807, 2.05) is 13.0 Å². The number of likely N-dealkylation sites (tertiary alicyclic amines) is 1. The Bertz CT molecular complexity index is 1040. The number of aromatic amines is 1. The molecule has 6 heteroatoms. The first-order chi connectivity index (χ1) is 12.7. The molecule has 0 unspecified atom stereocenters. The number of aromatic nitrogens is 4. The maximum absolute atomic E-state index is 12.2. The molecule has 1 aromatic carbocycles. The van der Waals surface area contributed by atoms with Crippen molar-refractivity contribution in [1.82, 2.24) is 24.8 Å². The normalized spacial score (nSPS) is 22.3. The van der Waals surface area contributed by atoms with Crippen molar-refractivity contribution in [1.29, 1.82) is 0 Å². The first-order valence-corrected chi connectivity index (χ1v) is 9.19. The predicted octanol–water partition coefficient (Wildman–Crippen LogP) is 2.18. The number of H-pyrrole nitrogens is 1. The fraction of sp³-hybridized carbons (Fsp3) is 0.400. The highest BCUT2D eigenvalue weighted by Gasteiger charge is 2.39. The molecule has 3 aromatic rings. The van der Waals surface area contributed by atoms with Gasteiger partial charge in [0.1, 0.15) is 5.82 Å². The van der Waals surface area contributed by atoms with E-state index in [9.17, 15) is 4.79 Å². The zero-order valence-electron chi connectivity index (χ0n) is 14.8. The van der Waals surface area contributed by atoms with Crippen molar-refractivity contribution in [2.45, 2.75) is 32.2 Å². The molecule has 5 rings (SSSR count). The van der Waals surface area contributed by atoms with Gasteiger partial charge in [-0.05, 0) is 43.4 Å². The molecule has 3 heterocycles. The van der Waals surface area contributed by atoms with E-state index in [0.29, 0.717) is 11.8 Å². The van der Waals surface area contributed by atoms with Crippen LogP contribution in [0.3, 0.4) is 0 Å². The second-order valence-electron chi connectivity index (χ2n) is 7.49. The molecule has 1 N–H and O–H groups in total. The second kappa shape index (κ2) is 5.99. The average molecular weight is 347 g/mol. The third kappa shape index (κ3) is 2.61. The molecule has 0 spiro atoms. The summed E-state index contributed by atoms with van der Waals surface area (Å²) in [6, 6.07) is 6.31. The lowest BCUT2D eigenvalue weighted by atomic mass is 9.80. The Morgan fingerprint density at radius 2 is 2.04 bits per heavy atom. The maximum Gasteiger partial charge on any atom is 0.254 e. The summed E-state index contributed by atoms with van der Waals surface area (Å²) >= 11 is 0. The van der Waals surface area contributed by atoms with E-state index < -0.39 is 0 Å². The Morgan fingerprint density at radius 3 is 2.92 bits per heavy atom. The van der Waals surface area contributed by atoms with Gasteiger partial charge < -0.3 is 4.98 Å². The van der Waals surface area contributed by atoms with Crippen LogP contribution in [0.2, 0.25) is 0 Å². The number of hydrogen-bond acceptors (Lipinski definition) is 5. The van der Waals surface area contributed by atoms with Crippen LogP contribution in [-0.4, -0.2) is 37.9 Å². The average Bonchev–Trinajstić information content (AvgIpc) is 3.04. The molecule has 1 fully saturated rings. The van der Waals surface area contributed by atoms with Crippen molar-refractivity contribution in [3.63, 3.8) is 0 Å². The lowest BCUT2D eigenvalue weighted by Gasteiger charge is -2.25.